The normalized spacial score (nSPS) is 16.5. The Kier molecular flexibility index (Phi) is 15.4. The third kappa shape index (κ3) is 17.4. The van der Waals surface area contributed by atoms with Crippen LogP contribution in [0.25, 0.3) is 0 Å². The minimum Gasteiger partial charge on any atom is -0.302 e. The Morgan fingerprint density at radius 3 is 1.20 bits per heavy atom. The molecule has 2 atom stereocenters. The summed E-state index contributed by atoms with van der Waals surface area (Å²) < 4.78 is 42.4. The zero-order chi connectivity index (χ0) is 19.0. The molecule has 0 aromatic carbocycles. The summed E-state index contributed by atoms with van der Waals surface area (Å²) in [4.78, 5) is 18.9. The highest BCUT2D eigenvalue weighted by atomic mass is 31.2. The lowest BCUT2D eigenvalue weighted by molar-refractivity contribution is 0.122. The number of hydrogen-bond donors (Lipinski definition) is 2. The first-order valence-electron chi connectivity index (χ1n) is 9.06. The van der Waals surface area contributed by atoms with Gasteiger partial charge in [0.15, 0.2) is 0 Å². The predicted molar refractivity (Wildman–Crippen MR) is 96.4 cm³/mol. The van der Waals surface area contributed by atoms with Crippen LogP contribution >= 0.6 is 15.6 Å². The molecule has 8 nitrogen and oxygen atoms in total. The summed E-state index contributed by atoms with van der Waals surface area (Å²) in [6.45, 7) is 4.26. The van der Waals surface area contributed by atoms with Crippen LogP contribution in [-0.2, 0) is 27.2 Å². The van der Waals surface area contributed by atoms with Crippen LogP contribution in [0.5, 0.6) is 0 Å². The van der Waals surface area contributed by atoms with Gasteiger partial charge in [-0.1, -0.05) is 52.4 Å². The molecule has 0 aliphatic rings. The molecular weight excluding hydrogens is 370 g/mol. The van der Waals surface area contributed by atoms with Crippen molar-refractivity contribution in [1.29, 1.82) is 0 Å². The minimum atomic E-state index is -4.07. The minimum absolute atomic E-state index is 0.112. The Hall–Kier alpha value is 0.220. The van der Waals surface area contributed by atoms with Gasteiger partial charge in [0, 0.05) is 0 Å². The van der Waals surface area contributed by atoms with Gasteiger partial charge >= 0.3 is 15.6 Å². The van der Waals surface area contributed by atoms with Crippen molar-refractivity contribution in [3.05, 3.63) is 0 Å². The standard InChI is InChI=1S/C15H34O8P2/c1-3-5-7-9-12-20-24(16,17)22-14-11-15-23-25(18,19)21-13-10-8-6-4-2/h3-15H2,1-2H3,(H,16,17)(H,18,19). The molecule has 0 saturated carbocycles. The molecule has 152 valence electrons. The summed E-state index contributed by atoms with van der Waals surface area (Å²) in [5.74, 6) is 0. The fourth-order valence-corrected chi connectivity index (χ4v) is 3.50. The van der Waals surface area contributed by atoms with Gasteiger partial charge in [-0.05, 0) is 19.3 Å². The molecule has 0 rings (SSSR count). The largest absolute Gasteiger partial charge is 0.472 e. The summed E-state index contributed by atoms with van der Waals surface area (Å²) in [5, 5.41) is 0. The average molecular weight is 404 g/mol. The van der Waals surface area contributed by atoms with Gasteiger partial charge in [-0.15, -0.1) is 0 Å². The SMILES string of the molecule is CCCCCCOP(=O)(O)OCCCOP(=O)(O)OCCCCCC. The smallest absolute Gasteiger partial charge is 0.302 e. The van der Waals surface area contributed by atoms with Crippen LogP contribution < -0.4 is 0 Å². The van der Waals surface area contributed by atoms with Crippen molar-refractivity contribution in [2.45, 2.75) is 71.6 Å². The Morgan fingerprint density at radius 2 is 0.880 bits per heavy atom. The van der Waals surface area contributed by atoms with E-state index in [-0.39, 0.29) is 32.8 Å². The van der Waals surface area contributed by atoms with E-state index >= 15 is 0 Å². The molecule has 0 heterocycles. The van der Waals surface area contributed by atoms with Gasteiger partial charge in [0.1, 0.15) is 0 Å². The molecule has 0 radical (unpaired) electrons. The highest BCUT2D eigenvalue weighted by Gasteiger charge is 2.22. The molecule has 0 fully saturated rings. The molecular formula is C15H34O8P2. The van der Waals surface area contributed by atoms with Crippen LogP contribution in [0.4, 0.5) is 0 Å². The third-order valence-corrected chi connectivity index (χ3v) is 5.34. The number of unbranched alkanes of at least 4 members (excludes halogenated alkanes) is 6. The van der Waals surface area contributed by atoms with Crippen LogP contribution in [0.1, 0.15) is 71.6 Å². The molecule has 0 spiro atoms. The van der Waals surface area contributed by atoms with E-state index in [1.54, 1.807) is 0 Å². The summed E-state index contributed by atoms with van der Waals surface area (Å²) >= 11 is 0. The van der Waals surface area contributed by atoms with Crippen LogP contribution in [0, 0.1) is 0 Å². The van der Waals surface area contributed by atoms with Crippen LogP contribution in [0.15, 0.2) is 0 Å². The Morgan fingerprint density at radius 1 is 0.560 bits per heavy atom. The Bertz CT molecular complexity index is 369. The Balaban J connectivity index is 3.67. The fourth-order valence-electron chi connectivity index (χ4n) is 1.91. The second kappa shape index (κ2) is 15.3. The summed E-state index contributed by atoms with van der Waals surface area (Å²) in [6.07, 6.45) is 7.71. The molecule has 0 aliphatic heterocycles. The maximum Gasteiger partial charge on any atom is 0.472 e. The van der Waals surface area contributed by atoms with Gasteiger partial charge in [-0.2, -0.15) is 0 Å². The molecule has 0 aromatic rings. The van der Waals surface area contributed by atoms with Gasteiger partial charge in [-0.25, -0.2) is 9.13 Å². The van der Waals surface area contributed by atoms with Crippen molar-refractivity contribution in [3.8, 4) is 0 Å². The van der Waals surface area contributed by atoms with Gasteiger partial charge in [0.05, 0.1) is 26.4 Å². The first-order chi connectivity index (χ1) is 11.8. The summed E-state index contributed by atoms with van der Waals surface area (Å²) in [6, 6.07) is 0. The van der Waals surface area contributed by atoms with E-state index in [0.717, 1.165) is 38.5 Å². The summed E-state index contributed by atoms with van der Waals surface area (Å²) in [5.41, 5.74) is 0. The third-order valence-electron chi connectivity index (χ3n) is 3.30. The first kappa shape index (κ1) is 25.2. The summed E-state index contributed by atoms with van der Waals surface area (Å²) in [7, 11) is -8.14. The van der Waals surface area contributed by atoms with Crippen molar-refractivity contribution in [2.24, 2.45) is 0 Å². The molecule has 2 N–H and O–H groups in total. The average Bonchev–Trinajstić information content (AvgIpc) is 2.54. The van der Waals surface area contributed by atoms with E-state index < -0.39 is 15.6 Å². The molecule has 25 heavy (non-hydrogen) atoms. The van der Waals surface area contributed by atoms with E-state index in [2.05, 4.69) is 13.8 Å². The number of phosphoric ester groups is 2. The van der Waals surface area contributed by atoms with Crippen LogP contribution in [0.3, 0.4) is 0 Å². The van der Waals surface area contributed by atoms with Gasteiger partial charge in [0.2, 0.25) is 0 Å². The highest BCUT2D eigenvalue weighted by Crippen LogP contribution is 2.45. The lowest BCUT2D eigenvalue weighted by Gasteiger charge is -2.13. The first-order valence-corrected chi connectivity index (χ1v) is 12.1. The van der Waals surface area contributed by atoms with E-state index in [0.29, 0.717) is 12.8 Å². The monoisotopic (exact) mass is 404 g/mol. The van der Waals surface area contributed by atoms with Gasteiger partial charge in [0.25, 0.3) is 0 Å². The fraction of sp³-hybridized carbons (Fsp3) is 1.00. The van der Waals surface area contributed by atoms with E-state index in [1.165, 1.54) is 0 Å². The zero-order valence-corrected chi connectivity index (χ0v) is 17.2. The lowest BCUT2D eigenvalue weighted by Crippen LogP contribution is -2.03. The molecule has 0 amide bonds. The van der Waals surface area contributed by atoms with Crippen molar-refractivity contribution in [2.75, 3.05) is 26.4 Å². The highest BCUT2D eigenvalue weighted by molar-refractivity contribution is 7.47. The number of phosphoric acid groups is 2. The predicted octanol–water partition coefficient (Wildman–Crippen LogP) is 4.80. The second-order valence-electron chi connectivity index (χ2n) is 5.74. The van der Waals surface area contributed by atoms with Gasteiger partial charge < -0.3 is 9.79 Å². The quantitative estimate of drug-likeness (QED) is 0.247. The van der Waals surface area contributed by atoms with Crippen molar-refractivity contribution < 1.29 is 37.0 Å². The van der Waals surface area contributed by atoms with Crippen molar-refractivity contribution in [3.63, 3.8) is 0 Å². The molecule has 2 unspecified atom stereocenters. The molecule has 0 saturated heterocycles. The van der Waals surface area contributed by atoms with Crippen LogP contribution in [-0.4, -0.2) is 36.2 Å². The molecule has 0 aromatic heterocycles. The second-order valence-corrected chi connectivity index (χ2v) is 8.65. The van der Waals surface area contributed by atoms with E-state index in [9.17, 15) is 18.9 Å². The van der Waals surface area contributed by atoms with Crippen molar-refractivity contribution in [1.82, 2.24) is 0 Å². The lowest BCUT2D eigenvalue weighted by atomic mass is 10.2. The zero-order valence-electron chi connectivity index (χ0n) is 15.4. The number of hydrogen-bond acceptors (Lipinski definition) is 6. The van der Waals surface area contributed by atoms with E-state index in [1.807, 2.05) is 0 Å². The maximum atomic E-state index is 11.6. The number of rotatable bonds is 18. The van der Waals surface area contributed by atoms with Crippen LogP contribution in [0.2, 0.25) is 0 Å². The molecule has 0 aliphatic carbocycles. The van der Waals surface area contributed by atoms with Gasteiger partial charge in [-0.3, -0.25) is 18.1 Å². The van der Waals surface area contributed by atoms with E-state index in [4.69, 9.17) is 18.1 Å². The molecule has 0 bridgehead atoms. The topological polar surface area (TPSA) is 112 Å². The molecule has 10 heteroatoms. The van der Waals surface area contributed by atoms with Crippen molar-refractivity contribution >= 4 is 15.6 Å². The maximum absolute atomic E-state index is 11.6. The Labute approximate surface area is 151 Å².